The molecule has 2 N–H and O–H groups in total. The van der Waals surface area contributed by atoms with Crippen LogP contribution in [0.2, 0.25) is 0 Å². The molecule has 4 nitrogen and oxygen atoms in total. The Balaban J connectivity index is 3.91. The molecule has 0 saturated heterocycles. The van der Waals surface area contributed by atoms with Crippen molar-refractivity contribution in [3.8, 4) is 11.8 Å². The van der Waals surface area contributed by atoms with Gasteiger partial charge in [-0.05, 0) is 6.92 Å². The molecule has 0 aromatic rings. The molecule has 1 atom stereocenters. The molecule has 0 aliphatic rings. The fraction of sp³-hybridized carbons (Fsp3) is 0.429. The number of rotatable bonds is 3. The summed E-state index contributed by atoms with van der Waals surface area (Å²) in [5, 5.41) is 0. The van der Waals surface area contributed by atoms with Crippen molar-refractivity contribution in [2.75, 3.05) is 0 Å². The van der Waals surface area contributed by atoms with E-state index < -0.39 is 13.9 Å². The molecule has 0 saturated carbocycles. The molecule has 0 aliphatic carbocycles. The van der Waals surface area contributed by atoms with Gasteiger partial charge in [0.2, 0.25) is 0 Å². The van der Waals surface area contributed by atoms with E-state index in [0.717, 1.165) is 0 Å². The maximum Gasteiger partial charge on any atom is 0.470 e. The summed E-state index contributed by atoms with van der Waals surface area (Å²) in [6.07, 6.45) is 1.32. The molecular weight excluding hydrogens is 179 g/mol. The summed E-state index contributed by atoms with van der Waals surface area (Å²) in [5.41, 5.74) is 0. The van der Waals surface area contributed by atoms with E-state index in [4.69, 9.17) is 9.79 Å². The summed E-state index contributed by atoms with van der Waals surface area (Å²) in [6.45, 7) is 4.90. The molecule has 5 heteroatoms. The Hall–Kier alpha value is -0.590. The van der Waals surface area contributed by atoms with Crippen LogP contribution in [0.4, 0.5) is 0 Å². The molecule has 0 amide bonds. The third-order valence-corrected chi connectivity index (χ3v) is 1.44. The Labute approximate surface area is 71.5 Å². The molecule has 1 unspecified atom stereocenters. The molecule has 0 heterocycles. The third kappa shape index (κ3) is 7.52. The van der Waals surface area contributed by atoms with Crippen molar-refractivity contribution in [1.29, 1.82) is 0 Å². The van der Waals surface area contributed by atoms with Gasteiger partial charge in [-0.25, -0.2) is 4.57 Å². The zero-order chi connectivity index (χ0) is 9.61. The van der Waals surface area contributed by atoms with E-state index in [-0.39, 0.29) is 0 Å². The van der Waals surface area contributed by atoms with E-state index in [2.05, 4.69) is 22.9 Å². The Morgan fingerprint density at radius 1 is 1.75 bits per heavy atom. The molecule has 0 bridgehead atoms. The van der Waals surface area contributed by atoms with E-state index in [9.17, 15) is 4.57 Å². The van der Waals surface area contributed by atoms with Gasteiger partial charge in [0.15, 0.2) is 0 Å². The average Bonchev–Trinajstić information content (AvgIpc) is 1.84. The van der Waals surface area contributed by atoms with Gasteiger partial charge in [0, 0.05) is 6.42 Å². The van der Waals surface area contributed by atoms with Crippen LogP contribution in [-0.4, -0.2) is 15.9 Å². The summed E-state index contributed by atoms with van der Waals surface area (Å²) in [6, 6.07) is 0. The lowest BCUT2D eigenvalue weighted by atomic mass is 10.3. The van der Waals surface area contributed by atoms with Crippen molar-refractivity contribution >= 4 is 7.82 Å². The van der Waals surface area contributed by atoms with Gasteiger partial charge in [-0.15, -0.1) is 6.58 Å². The second-order valence-corrected chi connectivity index (χ2v) is 3.24. The highest BCUT2D eigenvalue weighted by Crippen LogP contribution is 2.37. The highest BCUT2D eigenvalue weighted by molar-refractivity contribution is 7.46. The van der Waals surface area contributed by atoms with E-state index in [0.29, 0.717) is 6.42 Å². The second kappa shape index (κ2) is 5.13. The van der Waals surface area contributed by atoms with Crippen LogP contribution < -0.4 is 0 Å². The van der Waals surface area contributed by atoms with Crippen molar-refractivity contribution in [3.05, 3.63) is 12.7 Å². The van der Waals surface area contributed by atoms with Gasteiger partial charge in [-0.3, -0.25) is 4.52 Å². The van der Waals surface area contributed by atoms with Crippen LogP contribution in [0.15, 0.2) is 12.7 Å². The average molecular weight is 190 g/mol. The molecule has 0 aliphatic heterocycles. The molecule has 0 spiro atoms. The Morgan fingerprint density at radius 3 is 2.75 bits per heavy atom. The van der Waals surface area contributed by atoms with E-state index in [1.807, 2.05) is 0 Å². The lowest BCUT2D eigenvalue weighted by molar-refractivity contribution is 0.176. The van der Waals surface area contributed by atoms with Crippen LogP contribution >= 0.6 is 7.82 Å². The first-order valence-electron chi connectivity index (χ1n) is 3.29. The van der Waals surface area contributed by atoms with Crippen LogP contribution in [0.3, 0.4) is 0 Å². The molecule has 0 aromatic heterocycles. The first kappa shape index (κ1) is 11.4. The van der Waals surface area contributed by atoms with Crippen molar-refractivity contribution < 1.29 is 18.9 Å². The van der Waals surface area contributed by atoms with E-state index >= 15 is 0 Å². The zero-order valence-electron chi connectivity index (χ0n) is 6.73. The number of phosphoric ester groups is 1. The smallest absolute Gasteiger partial charge is 0.303 e. The lowest BCUT2D eigenvalue weighted by Gasteiger charge is -2.06. The van der Waals surface area contributed by atoms with Crippen molar-refractivity contribution in [2.24, 2.45) is 0 Å². The van der Waals surface area contributed by atoms with Crippen molar-refractivity contribution in [2.45, 2.75) is 19.4 Å². The fourth-order valence-corrected chi connectivity index (χ4v) is 0.972. The van der Waals surface area contributed by atoms with Gasteiger partial charge in [-0.2, -0.15) is 0 Å². The highest BCUT2D eigenvalue weighted by Gasteiger charge is 2.16. The Bertz CT molecular complexity index is 244. The molecule has 0 fully saturated rings. The maximum atomic E-state index is 10.3. The maximum absolute atomic E-state index is 10.3. The molecule has 0 rings (SSSR count). The Morgan fingerprint density at radius 2 is 2.33 bits per heavy atom. The van der Waals surface area contributed by atoms with Crippen LogP contribution in [0, 0.1) is 11.8 Å². The normalized spacial score (nSPS) is 12.9. The van der Waals surface area contributed by atoms with Crippen molar-refractivity contribution in [3.63, 3.8) is 0 Å². The SMILES string of the molecule is C=CCC#CC(C)OP(=O)(O)O. The summed E-state index contributed by atoms with van der Waals surface area (Å²) in [4.78, 5) is 16.7. The van der Waals surface area contributed by atoms with E-state index in [1.165, 1.54) is 6.92 Å². The minimum absolute atomic E-state index is 0.481. The van der Waals surface area contributed by atoms with Gasteiger partial charge in [0.05, 0.1) is 0 Å². The van der Waals surface area contributed by atoms with Gasteiger partial charge >= 0.3 is 7.82 Å². The molecule has 68 valence electrons. The largest absolute Gasteiger partial charge is 0.470 e. The number of hydrogen-bond acceptors (Lipinski definition) is 2. The number of phosphoric acid groups is 1. The minimum Gasteiger partial charge on any atom is -0.303 e. The predicted molar refractivity (Wildman–Crippen MR) is 45.2 cm³/mol. The topological polar surface area (TPSA) is 66.8 Å². The summed E-state index contributed by atoms with van der Waals surface area (Å²) in [7, 11) is -4.40. The monoisotopic (exact) mass is 190 g/mol. The molecule has 0 radical (unpaired) electrons. The van der Waals surface area contributed by atoms with Crippen LogP contribution in [0.25, 0.3) is 0 Å². The first-order valence-corrected chi connectivity index (χ1v) is 4.82. The highest BCUT2D eigenvalue weighted by atomic mass is 31.2. The van der Waals surface area contributed by atoms with Crippen molar-refractivity contribution in [1.82, 2.24) is 0 Å². The quantitative estimate of drug-likeness (QED) is 0.396. The number of hydrogen-bond donors (Lipinski definition) is 2. The molecule has 0 aromatic carbocycles. The second-order valence-electron chi connectivity index (χ2n) is 2.05. The lowest BCUT2D eigenvalue weighted by Crippen LogP contribution is -2.02. The predicted octanol–water partition coefficient (Wildman–Crippen LogP) is 1.06. The van der Waals surface area contributed by atoms with Gasteiger partial charge in [-0.1, -0.05) is 17.9 Å². The third-order valence-electron chi connectivity index (χ3n) is 0.847. The standard InChI is InChI=1S/C7H11O4P/c1-3-4-5-6-7(2)11-12(8,9)10/h3,7H,1,4H2,2H3,(H2,8,9,10). The molecular formula is C7H11O4P. The van der Waals surface area contributed by atoms with E-state index in [1.54, 1.807) is 6.08 Å². The van der Waals surface area contributed by atoms with Gasteiger partial charge < -0.3 is 9.79 Å². The summed E-state index contributed by atoms with van der Waals surface area (Å²) >= 11 is 0. The first-order chi connectivity index (χ1) is 5.45. The number of allylic oxidation sites excluding steroid dienone is 1. The summed E-state index contributed by atoms with van der Waals surface area (Å²) < 4.78 is 14.5. The van der Waals surface area contributed by atoms with Crippen LogP contribution in [-0.2, 0) is 9.09 Å². The fourth-order valence-electron chi connectivity index (χ4n) is 0.507. The minimum atomic E-state index is -4.40. The zero-order valence-corrected chi connectivity index (χ0v) is 7.62. The Kier molecular flexibility index (Phi) is 4.87. The van der Waals surface area contributed by atoms with Gasteiger partial charge in [0.25, 0.3) is 0 Å². The summed E-state index contributed by atoms with van der Waals surface area (Å²) in [5.74, 6) is 5.13. The van der Waals surface area contributed by atoms with Crippen LogP contribution in [0.1, 0.15) is 13.3 Å². The van der Waals surface area contributed by atoms with Crippen LogP contribution in [0.5, 0.6) is 0 Å². The van der Waals surface area contributed by atoms with Gasteiger partial charge in [0.1, 0.15) is 6.10 Å². The molecule has 12 heavy (non-hydrogen) atoms.